The fraction of sp³-hybridized carbons (Fsp3) is 0.700. The second kappa shape index (κ2) is 5.80. The number of hydrogen-bond donors (Lipinski definition) is 0. The van der Waals surface area contributed by atoms with Gasteiger partial charge in [0.05, 0.1) is 6.10 Å². The number of halogens is 2. The molecule has 0 N–H and O–H groups in total. The lowest BCUT2D eigenvalue weighted by molar-refractivity contribution is 0.0457. The first kappa shape index (κ1) is 12.8. The van der Waals surface area contributed by atoms with Gasteiger partial charge in [-0.3, -0.25) is 0 Å². The first-order valence-electron chi connectivity index (χ1n) is 5.62. The van der Waals surface area contributed by atoms with Crippen molar-refractivity contribution >= 4 is 29.2 Å². The maximum Gasteiger partial charge on any atom is 0.230 e. The van der Waals surface area contributed by atoms with E-state index in [4.69, 9.17) is 27.9 Å². The van der Waals surface area contributed by atoms with Gasteiger partial charge >= 0.3 is 0 Å². The number of piperidine rings is 1. The van der Waals surface area contributed by atoms with Gasteiger partial charge in [0.1, 0.15) is 0 Å². The fourth-order valence-electron chi connectivity index (χ4n) is 1.92. The van der Waals surface area contributed by atoms with Gasteiger partial charge in [-0.1, -0.05) is 0 Å². The molecule has 1 aliphatic heterocycles. The highest BCUT2D eigenvalue weighted by Gasteiger charge is 2.21. The van der Waals surface area contributed by atoms with E-state index in [0.29, 0.717) is 12.1 Å². The van der Waals surface area contributed by atoms with Gasteiger partial charge in [-0.15, -0.1) is 0 Å². The second-order valence-corrected chi connectivity index (χ2v) is 4.49. The molecule has 5 nitrogen and oxygen atoms in total. The maximum atomic E-state index is 5.75. The second-order valence-electron chi connectivity index (χ2n) is 3.82. The third-order valence-electron chi connectivity index (χ3n) is 2.70. The zero-order chi connectivity index (χ0) is 12.3. The van der Waals surface area contributed by atoms with E-state index in [2.05, 4.69) is 19.9 Å². The van der Waals surface area contributed by atoms with Crippen molar-refractivity contribution in [3.8, 4) is 0 Å². The van der Waals surface area contributed by atoms with Crippen molar-refractivity contribution in [2.75, 3.05) is 24.6 Å². The summed E-state index contributed by atoms with van der Waals surface area (Å²) < 4.78 is 5.58. The average Bonchev–Trinajstić information content (AvgIpc) is 2.29. The van der Waals surface area contributed by atoms with E-state index in [1.54, 1.807) is 0 Å². The van der Waals surface area contributed by atoms with Crippen LogP contribution >= 0.6 is 23.2 Å². The van der Waals surface area contributed by atoms with E-state index in [1.165, 1.54) is 0 Å². The summed E-state index contributed by atoms with van der Waals surface area (Å²) in [6, 6.07) is 0. The first-order chi connectivity index (χ1) is 8.19. The lowest BCUT2D eigenvalue weighted by atomic mass is 10.1. The molecule has 0 radical (unpaired) electrons. The van der Waals surface area contributed by atoms with Gasteiger partial charge in [-0.05, 0) is 43.0 Å². The molecule has 0 unspecified atom stereocenters. The molecule has 0 bridgehead atoms. The molecule has 2 heterocycles. The Bertz CT molecular complexity index is 362. The van der Waals surface area contributed by atoms with Crippen LogP contribution in [0.3, 0.4) is 0 Å². The Balaban J connectivity index is 2.00. The van der Waals surface area contributed by atoms with Crippen LogP contribution in [0, 0.1) is 0 Å². The van der Waals surface area contributed by atoms with Crippen LogP contribution in [0.15, 0.2) is 0 Å². The van der Waals surface area contributed by atoms with Crippen LogP contribution < -0.4 is 4.90 Å². The molecule has 0 spiro atoms. The van der Waals surface area contributed by atoms with Crippen LogP contribution in [0.5, 0.6) is 0 Å². The molecule has 0 amide bonds. The molecule has 0 atom stereocenters. The predicted octanol–water partition coefficient (Wildman–Crippen LogP) is 2.18. The summed E-state index contributed by atoms with van der Waals surface area (Å²) in [4.78, 5) is 13.9. The molecule has 1 fully saturated rings. The third kappa shape index (κ3) is 3.40. The van der Waals surface area contributed by atoms with Crippen molar-refractivity contribution in [3.63, 3.8) is 0 Å². The molecular formula is C10H14Cl2N4O. The Labute approximate surface area is 110 Å². The Morgan fingerprint density at radius 2 is 1.76 bits per heavy atom. The van der Waals surface area contributed by atoms with Gasteiger partial charge < -0.3 is 9.64 Å². The van der Waals surface area contributed by atoms with E-state index in [0.717, 1.165) is 32.5 Å². The highest BCUT2D eigenvalue weighted by molar-refractivity contribution is 6.31. The number of ether oxygens (including phenoxy) is 1. The Hall–Kier alpha value is -0.650. The molecule has 1 aromatic heterocycles. The van der Waals surface area contributed by atoms with Crippen molar-refractivity contribution in [1.82, 2.24) is 15.0 Å². The first-order valence-corrected chi connectivity index (χ1v) is 6.38. The van der Waals surface area contributed by atoms with Crippen LogP contribution in [0.25, 0.3) is 0 Å². The minimum Gasteiger partial charge on any atom is -0.378 e. The zero-order valence-corrected chi connectivity index (χ0v) is 11.1. The smallest absolute Gasteiger partial charge is 0.230 e. The molecule has 0 saturated carbocycles. The Morgan fingerprint density at radius 1 is 1.18 bits per heavy atom. The summed E-state index contributed by atoms with van der Waals surface area (Å²) in [6.45, 7) is 4.47. The summed E-state index contributed by atoms with van der Waals surface area (Å²) in [5.41, 5.74) is 0. The summed E-state index contributed by atoms with van der Waals surface area (Å²) in [6.07, 6.45) is 2.27. The highest BCUT2D eigenvalue weighted by atomic mass is 35.5. The molecule has 17 heavy (non-hydrogen) atoms. The SMILES string of the molecule is CCOC1CCN(c2nc(Cl)nc(Cl)n2)CC1. The van der Waals surface area contributed by atoms with Crippen molar-refractivity contribution in [3.05, 3.63) is 10.6 Å². The summed E-state index contributed by atoms with van der Waals surface area (Å²) in [5.74, 6) is 0.546. The summed E-state index contributed by atoms with van der Waals surface area (Å²) >= 11 is 11.5. The number of hydrogen-bond acceptors (Lipinski definition) is 5. The van der Waals surface area contributed by atoms with Gasteiger partial charge in [0.15, 0.2) is 0 Å². The lowest BCUT2D eigenvalue weighted by Crippen LogP contribution is -2.38. The van der Waals surface area contributed by atoms with Gasteiger partial charge in [0.25, 0.3) is 0 Å². The van der Waals surface area contributed by atoms with Gasteiger partial charge in [0.2, 0.25) is 16.5 Å². The van der Waals surface area contributed by atoms with E-state index in [9.17, 15) is 0 Å². The van der Waals surface area contributed by atoms with Crippen LogP contribution in [-0.4, -0.2) is 40.8 Å². The van der Waals surface area contributed by atoms with E-state index >= 15 is 0 Å². The third-order valence-corrected chi connectivity index (χ3v) is 3.03. The van der Waals surface area contributed by atoms with E-state index < -0.39 is 0 Å². The minimum atomic E-state index is 0.131. The normalized spacial score (nSPS) is 17.5. The number of rotatable bonds is 3. The largest absolute Gasteiger partial charge is 0.378 e. The average molecular weight is 277 g/mol. The monoisotopic (exact) mass is 276 g/mol. The molecular weight excluding hydrogens is 263 g/mol. The van der Waals surface area contributed by atoms with Crippen LogP contribution in [0.2, 0.25) is 10.6 Å². The van der Waals surface area contributed by atoms with Crippen LogP contribution in [0.4, 0.5) is 5.95 Å². The van der Waals surface area contributed by atoms with Crippen molar-refractivity contribution in [1.29, 1.82) is 0 Å². The molecule has 0 aliphatic carbocycles. The van der Waals surface area contributed by atoms with Crippen molar-refractivity contribution in [2.45, 2.75) is 25.9 Å². The molecule has 94 valence electrons. The molecule has 1 aromatic rings. The lowest BCUT2D eigenvalue weighted by Gasteiger charge is -2.31. The van der Waals surface area contributed by atoms with Crippen LogP contribution in [-0.2, 0) is 4.74 Å². The fourth-order valence-corrected chi connectivity index (χ4v) is 2.27. The number of anilines is 1. The minimum absolute atomic E-state index is 0.131. The number of aromatic nitrogens is 3. The topological polar surface area (TPSA) is 51.1 Å². The predicted molar refractivity (Wildman–Crippen MR) is 66.7 cm³/mol. The molecule has 7 heteroatoms. The summed E-state index contributed by atoms with van der Waals surface area (Å²) in [7, 11) is 0. The molecule has 1 aliphatic rings. The maximum absolute atomic E-state index is 5.75. The molecule has 0 aromatic carbocycles. The zero-order valence-electron chi connectivity index (χ0n) is 9.57. The van der Waals surface area contributed by atoms with Crippen molar-refractivity contribution < 1.29 is 4.74 Å². The van der Waals surface area contributed by atoms with Gasteiger partial charge in [0, 0.05) is 19.7 Å². The summed E-state index contributed by atoms with van der Waals surface area (Å²) in [5, 5.41) is 0.263. The highest BCUT2D eigenvalue weighted by Crippen LogP contribution is 2.20. The van der Waals surface area contributed by atoms with Gasteiger partial charge in [-0.25, -0.2) is 0 Å². The Kier molecular flexibility index (Phi) is 4.36. The van der Waals surface area contributed by atoms with Gasteiger partial charge in [-0.2, -0.15) is 15.0 Å². The van der Waals surface area contributed by atoms with Crippen LogP contribution in [0.1, 0.15) is 19.8 Å². The quantitative estimate of drug-likeness (QED) is 0.847. The molecule has 2 rings (SSSR count). The molecule has 1 saturated heterocycles. The number of nitrogens with zero attached hydrogens (tertiary/aromatic N) is 4. The van der Waals surface area contributed by atoms with E-state index in [-0.39, 0.29) is 10.6 Å². The Morgan fingerprint density at radius 3 is 2.29 bits per heavy atom. The van der Waals surface area contributed by atoms with E-state index in [1.807, 2.05) is 6.92 Å². The van der Waals surface area contributed by atoms with Crippen molar-refractivity contribution in [2.24, 2.45) is 0 Å². The standard InChI is InChI=1S/C10H14Cl2N4O/c1-2-17-7-3-5-16(6-4-7)10-14-8(11)13-9(12)15-10/h7H,2-6H2,1H3.